The van der Waals surface area contributed by atoms with E-state index in [-0.39, 0.29) is 11.9 Å². The van der Waals surface area contributed by atoms with Crippen molar-refractivity contribution in [3.05, 3.63) is 69.4 Å². The van der Waals surface area contributed by atoms with Gasteiger partial charge in [-0.3, -0.25) is 9.69 Å². The highest BCUT2D eigenvalue weighted by Gasteiger charge is 2.23. The van der Waals surface area contributed by atoms with Crippen molar-refractivity contribution >= 4 is 17.2 Å². The number of nitrogens with one attached hydrogen (secondary N) is 1. The molecule has 3 heterocycles. The number of aryl methyl sites for hydroxylation is 2. The molecule has 1 aliphatic heterocycles. The van der Waals surface area contributed by atoms with Crippen molar-refractivity contribution in [2.45, 2.75) is 52.2 Å². The number of benzene rings is 1. The summed E-state index contributed by atoms with van der Waals surface area (Å²) in [7, 11) is 0. The van der Waals surface area contributed by atoms with Crippen LogP contribution in [0.2, 0.25) is 0 Å². The fourth-order valence-electron chi connectivity index (χ4n) is 3.92. The number of carbonyl (C=O) groups excluding carboxylic acids is 1. The highest BCUT2D eigenvalue weighted by molar-refractivity contribution is 7.10. The summed E-state index contributed by atoms with van der Waals surface area (Å²) in [6.07, 6.45) is 2.10. The lowest BCUT2D eigenvalue weighted by atomic mass is 10.1. The maximum Gasteiger partial charge on any atom is 0.220 e. The highest BCUT2D eigenvalue weighted by atomic mass is 32.1. The number of thiophene rings is 1. The van der Waals surface area contributed by atoms with Gasteiger partial charge >= 0.3 is 0 Å². The summed E-state index contributed by atoms with van der Waals surface area (Å²) >= 11 is 1.83. The Morgan fingerprint density at radius 3 is 2.77 bits per heavy atom. The van der Waals surface area contributed by atoms with Gasteiger partial charge in [0, 0.05) is 43.9 Å². The maximum absolute atomic E-state index is 12.4. The number of hydrogen-bond acceptors (Lipinski definition) is 5. The van der Waals surface area contributed by atoms with Gasteiger partial charge in [0.25, 0.3) is 0 Å². The van der Waals surface area contributed by atoms with E-state index in [1.807, 2.05) is 36.5 Å². The lowest BCUT2D eigenvalue weighted by molar-refractivity contribution is -0.121. The lowest BCUT2D eigenvalue weighted by Crippen LogP contribution is -2.30. The van der Waals surface area contributed by atoms with Crippen LogP contribution in [0.25, 0.3) is 0 Å². The van der Waals surface area contributed by atoms with E-state index in [2.05, 4.69) is 55.5 Å². The van der Waals surface area contributed by atoms with Gasteiger partial charge in [0.2, 0.25) is 5.91 Å². The smallest absolute Gasteiger partial charge is 0.220 e. The second-order valence-corrected chi connectivity index (χ2v) is 8.95. The van der Waals surface area contributed by atoms with Crippen LogP contribution in [-0.4, -0.2) is 38.7 Å². The number of fused-ring (bicyclic) bond motifs is 1. The summed E-state index contributed by atoms with van der Waals surface area (Å²) in [4.78, 5) is 16.4. The van der Waals surface area contributed by atoms with Crippen LogP contribution in [0.5, 0.6) is 0 Å². The minimum absolute atomic E-state index is 0.0483. The van der Waals surface area contributed by atoms with Gasteiger partial charge in [-0.2, -0.15) is 0 Å². The third kappa shape index (κ3) is 4.96. The molecule has 0 aliphatic carbocycles. The van der Waals surface area contributed by atoms with Crippen LogP contribution in [0.4, 0.5) is 0 Å². The van der Waals surface area contributed by atoms with Crippen molar-refractivity contribution in [2.75, 3.05) is 13.1 Å². The Morgan fingerprint density at radius 2 is 2.00 bits per heavy atom. The lowest BCUT2D eigenvalue weighted by Gasteiger charge is -2.20. The average molecular weight is 424 g/mol. The van der Waals surface area contributed by atoms with Crippen LogP contribution in [0.3, 0.4) is 0 Å². The SMILES string of the molecule is Cc1ccsc1CN1CCc2nnc([C@H](C)NC(=O)CCc3ccccc3)n2CC1. The second-order valence-electron chi connectivity index (χ2n) is 7.95. The molecule has 6 nitrogen and oxygen atoms in total. The van der Waals surface area contributed by atoms with E-state index in [0.717, 1.165) is 50.7 Å². The molecule has 1 amide bonds. The van der Waals surface area contributed by atoms with Crippen LogP contribution >= 0.6 is 11.3 Å². The Balaban J connectivity index is 1.34. The quantitative estimate of drug-likeness (QED) is 0.632. The minimum Gasteiger partial charge on any atom is -0.346 e. The molecule has 0 unspecified atom stereocenters. The molecule has 0 saturated heterocycles. The first-order valence-corrected chi connectivity index (χ1v) is 11.5. The van der Waals surface area contributed by atoms with Gasteiger partial charge in [0.05, 0.1) is 6.04 Å². The van der Waals surface area contributed by atoms with Crippen LogP contribution < -0.4 is 5.32 Å². The summed E-state index contributed by atoms with van der Waals surface area (Å²) < 4.78 is 2.20. The third-order valence-corrected chi connectivity index (χ3v) is 6.74. The Hall–Kier alpha value is -2.51. The molecule has 7 heteroatoms. The number of aromatic nitrogens is 3. The largest absolute Gasteiger partial charge is 0.346 e. The average Bonchev–Trinajstić information content (AvgIpc) is 3.29. The molecule has 1 aromatic carbocycles. The van der Waals surface area contributed by atoms with Gasteiger partial charge < -0.3 is 9.88 Å². The molecular formula is C23H29N5OS. The Morgan fingerprint density at radius 1 is 1.17 bits per heavy atom. The van der Waals surface area contributed by atoms with E-state index >= 15 is 0 Å². The van der Waals surface area contributed by atoms with Crippen LogP contribution in [-0.2, 0) is 30.7 Å². The van der Waals surface area contributed by atoms with Crippen LogP contribution in [0.15, 0.2) is 41.8 Å². The van der Waals surface area contributed by atoms with Gasteiger partial charge in [-0.05, 0) is 42.8 Å². The highest BCUT2D eigenvalue weighted by Crippen LogP contribution is 2.20. The zero-order valence-corrected chi connectivity index (χ0v) is 18.5. The van der Waals surface area contributed by atoms with E-state index in [4.69, 9.17) is 0 Å². The Bertz CT molecular complexity index is 981. The number of amides is 1. The fourth-order valence-corrected chi connectivity index (χ4v) is 4.86. The summed E-state index contributed by atoms with van der Waals surface area (Å²) in [5.74, 6) is 1.92. The molecule has 158 valence electrons. The number of hydrogen-bond donors (Lipinski definition) is 1. The number of rotatable bonds is 7. The van der Waals surface area contributed by atoms with Crippen LogP contribution in [0.1, 0.15) is 47.0 Å². The standard InChI is InChI=1S/C23H29N5OS/c1-17-11-15-30-20(17)16-27-12-10-21-25-26-23(28(21)14-13-27)18(2)24-22(29)9-8-19-6-4-3-5-7-19/h3-7,11,15,18H,8-10,12-14,16H2,1-2H3,(H,24,29)/t18-/m0/s1. The van der Waals surface area contributed by atoms with Crippen molar-refractivity contribution in [3.63, 3.8) is 0 Å². The molecule has 0 fully saturated rings. The molecule has 1 aliphatic rings. The predicted molar refractivity (Wildman–Crippen MR) is 119 cm³/mol. The second kappa shape index (κ2) is 9.53. The fraction of sp³-hybridized carbons (Fsp3) is 0.435. The molecule has 4 rings (SSSR count). The first kappa shape index (κ1) is 20.8. The van der Waals surface area contributed by atoms with Gasteiger partial charge in [0.1, 0.15) is 5.82 Å². The van der Waals surface area contributed by atoms with Crippen LogP contribution in [0, 0.1) is 6.92 Å². The molecule has 30 heavy (non-hydrogen) atoms. The number of nitrogens with zero attached hydrogens (tertiary/aromatic N) is 4. The molecular weight excluding hydrogens is 394 g/mol. The van der Waals surface area contributed by atoms with E-state index in [1.165, 1.54) is 16.0 Å². The van der Waals surface area contributed by atoms with Gasteiger partial charge in [-0.15, -0.1) is 21.5 Å². The van der Waals surface area contributed by atoms with Crippen molar-refractivity contribution in [2.24, 2.45) is 0 Å². The van der Waals surface area contributed by atoms with E-state index in [0.29, 0.717) is 6.42 Å². The summed E-state index contributed by atoms with van der Waals surface area (Å²) in [6.45, 7) is 7.96. The topological polar surface area (TPSA) is 63.1 Å². The maximum atomic E-state index is 12.4. The molecule has 3 aromatic rings. The van der Waals surface area contributed by atoms with Gasteiger partial charge in [0.15, 0.2) is 5.82 Å². The summed E-state index contributed by atoms with van der Waals surface area (Å²) in [5, 5.41) is 14.1. The molecule has 1 atom stereocenters. The molecule has 2 aromatic heterocycles. The third-order valence-electron chi connectivity index (χ3n) is 5.73. The van der Waals surface area contributed by atoms with E-state index < -0.39 is 0 Å². The zero-order chi connectivity index (χ0) is 20.9. The van der Waals surface area contributed by atoms with E-state index in [9.17, 15) is 4.79 Å². The van der Waals surface area contributed by atoms with Crippen molar-refractivity contribution in [3.8, 4) is 0 Å². The van der Waals surface area contributed by atoms with E-state index in [1.54, 1.807) is 0 Å². The summed E-state index contributed by atoms with van der Waals surface area (Å²) in [6, 6.07) is 12.1. The molecule has 0 bridgehead atoms. The van der Waals surface area contributed by atoms with Gasteiger partial charge in [-0.25, -0.2) is 0 Å². The monoisotopic (exact) mass is 423 g/mol. The molecule has 1 N–H and O–H groups in total. The van der Waals surface area contributed by atoms with Crippen molar-refractivity contribution in [1.29, 1.82) is 0 Å². The number of carbonyl (C=O) groups is 1. The first-order valence-electron chi connectivity index (χ1n) is 10.6. The Labute approximate surface area is 181 Å². The summed E-state index contributed by atoms with van der Waals surface area (Å²) in [5.41, 5.74) is 2.55. The molecule has 0 saturated carbocycles. The molecule has 0 spiro atoms. The first-order chi connectivity index (χ1) is 14.6. The minimum atomic E-state index is -0.152. The normalized spacial score (nSPS) is 15.4. The zero-order valence-electron chi connectivity index (χ0n) is 17.7. The van der Waals surface area contributed by atoms with Crippen molar-refractivity contribution < 1.29 is 4.79 Å². The van der Waals surface area contributed by atoms with Crippen molar-refractivity contribution in [1.82, 2.24) is 25.0 Å². The molecule has 0 radical (unpaired) electrons. The van der Waals surface area contributed by atoms with Gasteiger partial charge in [-0.1, -0.05) is 30.3 Å². The Kier molecular flexibility index (Phi) is 6.59. The predicted octanol–water partition coefficient (Wildman–Crippen LogP) is 3.52.